The molecule has 2 heterocycles. The van der Waals surface area contributed by atoms with E-state index in [4.69, 9.17) is 5.84 Å². The van der Waals surface area contributed by atoms with Gasteiger partial charge in [0.2, 0.25) is 5.91 Å². The number of anilines is 1. The summed E-state index contributed by atoms with van der Waals surface area (Å²) in [5.41, 5.74) is 2.40. The summed E-state index contributed by atoms with van der Waals surface area (Å²) in [5, 5.41) is 0. The minimum atomic E-state index is -0.269. The number of hydrazine groups is 1. The Bertz CT molecular complexity index is 479. The van der Waals surface area contributed by atoms with E-state index in [9.17, 15) is 9.18 Å². The van der Waals surface area contributed by atoms with E-state index in [0.29, 0.717) is 5.82 Å². The van der Waals surface area contributed by atoms with Crippen molar-refractivity contribution in [3.63, 3.8) is 0 Å². The van der Waals surface area contributed by atoms with Gasteiger partial charge in [0.05, 0.1) is 0 Å². The molecule has 1 aliphatic heterocycles. The number of nitrogens with zero attached hydrogens (tertiary/aromatic N) is 2. The van der Waals surface area contributed by atoms with E-state index < -0.39 is 0 Å². The van der Waals surface area contributed by atoms with E-state index in [1.165, 1.54) is 18.3 Å². The average molecular weight is 250 g/mol. The average Bonchev–Trinajstić information content (AvgIpc) is 2.25. The zero-order valence-corrected chi connectivity index (χ0v) is 9.90. The Labute approximate surface area is 104 Å². The summed E-state index contributed by atoms with van der Waals surface area (Å²) in [6, 6.07) is 2.78. The van der Waals surface area contributed by atoms with Crippen molar-refractivity contribution in [2.45, 2.75) is 12.8 Å². The summed E-state index contributed by atoms with van der Waals surface area (Å²) in [6.45, 7) is 1.69. The third-order valence-corrected chi connectivity index (χ3v) is 3.96. The quantitative estimate of drug-likeness (QED) is 0.453. The number of rotatable bonds is 2. The van der Waals surface area contributed by atoms with E-state index >= 15 is 0 Å². The van der Waals surface area contributed by atoms with Crippen molar-refractivity contribution >= 4 is 11.7 Å². The molecule has 1 aliphatic carbocycles. The predicted molar refractivity (Wildman–Crippen MR) is 63.9 cm³/mol. The maximum atomic E-state index is 13.1. The van der Waals surface area contributed by atoms with E-state index in [2.05, 4.69) is 10.4 Å². The zero-order valence-electron chi connectivity index (χ0n) is 9.90. The molecule has 18 heavy (non-hydrogen) atoms. The molecular weight excluding hydrogens is 235 g/mol. The van der Waals surface area contributed by atoms with Gasteiger partial charge in [0.1, 0.15) is 11.6 Å². The fraction of sp³-hybridized carbons (Fsp3) is 0.500. The van der Waals surface area contributed by atoms with Crippen LogP contribution in [0.5, 0.6) is 0 Å². The van der Waals surface area contributed by atoms with E-state index in [1.54, 1.807) is 0 Å². The molecule has 6 heteroatoms. The Balaban J connectivity index is 1.57. The molecule has 2 fully saturated rings. The van der Waals surface area contributed by atoms with Crippen LogP contribution >= 0.6 is 0 Å². The first-order chi connectivity index (χ1) is 8.62. The number of nitrogens with one attached hydrogen (secondary N) is 1. The molecule has 0 unspecified atom stereocenters. The zero-order chi connectivity index (χ0) is 12.8. The summed E-state index contributed by atoms with van der Waals surface area (Å²) < 4.78 is 13.1. The van der Waals surface area contributed by atoms with Crippen molar-refractivity contribution < 1.29 is 9.18 Å². The van der Waals surface area contributed by atoms with Crippen molar-refractivity contribution in [3.8, 4) is 0 Å². The Morgan fingerprint density at radius 3 is 2.89 bits per heavy atom. The fourth-order valence-electron chi connectivity index (χ4n) is 3.04. The first-order valence-corrected chi connectivity index (χ1v) is 5.99. The lowest BCUT2D eigenvalue weighted by Crippen LogP contribution is -2.64. The molecule has 1 saturated carbocycles. The number of hydrogen-bond acceptors (Lipinski definition) is 4. The van der Waals surface area contributed by atoms with Gasteiger partial charge < -0.3 is 4.90 Å². The lowest BCUT2D eigenvalue weighted by Gasteiger charge is -2.58. The van der Waals surface area contributed by atoms with Crippen LogP contribution in [0, 0.1) is 17.2 Å². The van der Waals surface area contributed by atoms with Crippen LogP contribution in [-0.4, -0.2) is 24.0 Å². The van der Waals surface area contributed by atoms with Crippen molar-refractivity contribution in [2.75, 3.05) is 18.0 Å². The van der Waals surface area contributed by atoms with Gasteiger partial charge in [-0.25, -0.2) is 15.2 Å². The van der Waals surface area contributed by atoms with Crippen LogP contribution in [0.3, 0.4) is 0 Å². The molecule has 1 saturated heterocycles. The highest BCUT2D eigenvalue weighted by Crippen LogP contribution is 2.52. The molecule has 1 spiro atoms. The Morgan fingerprint density at radius 1 is 1.56 bits per heavy atom. The van der Waals surface area contributed by atoms with Gasteiger partial charge >= 0.3 is 0 Å². The van der Waals surface area contributed by atoms with Crippen molar-refractivity contribution in [3.05, 3.63) is 24.1 Å². The first-order valence-electron chi connectivity index (χ1n) is 5.99. The topological polar surface area (TPSA) is 71.2 Å². The monoisotopic (exact) mass is 250 g/mol. The summed E-state index contributed by atoms with van der Waals surface area (Å²) >= 11 is 0. The maximum absolute atomic E-state index is 13.1. The van der Waals surface area contributed by atoms with E-state index in [1.807, 2.05) is 4.90 Å². The standard InChI is InChI=1S/C12H15FN4O/c13-9-1-2-15-10(3-9)17-6-12(7-17)4-8(5-12)11(18)16-14/h1-3,8H,4-7,14H2,(H,16,18). The molecular formula is C12H15FN4O. The number of amides is 1. The highest BCUT2D eigenvalue weighted by molar-refractivity contribution is 5.79. The Kier molecular flexibility index (Phi) is 2.48. The lowest BCUT2D eigenvalue weighted by atomic mass is 9.57. The minimum Gasteiger partial charge on any atom is -0.355 e. The molecule has 0 atom stereocenters. The molecule has 1 aromatic rings. The third kappa shape index (κ3) is 1.73. The summed E-state index contributed by atoms with van der Waals surface area (Å²) in [7, 11) is 0. The number of pyridine rings is 1. The number of aromatic nitrogens is 1. The van der Waals surface area contributed by atoms with Gasteiger partial charge in [-0.3, -0.25) is 10.2 Å². The van der Waals surface area contributed by atoms with Crippen LogP contribution in [0.15, 0.2) is 18.3 Å². The molecule has 1 amide bonds. The molecule has 2 aliphatic rings. The number of nitrogens with two attached hydrogens (primary N) is 1. The van der Waals surface area contributed by atoms with Crippen molar-refractivity contribution in [2.24, 2.45) is 17.2 Å². The second-order valence-corrected chi connectivity index (χ2v) is 5.30. The van der Waals surface area contributed by atoms with Crippen LogP contribution in [0.25, 0.3) is 0 Å². The lowest BCUT2D eigenvalue weighted by molar-refractivity contribution is -0.133. The van der Waals surface area contributed by atoms with Crippen LogP contribution in [0.2, 0.25) is 0 Å². The Morgan fingerprint density at radius 2 is 2.28 bits per heavy atom. The SMILES string of the molecule is NNC(=O)C1CC2(C1)CN(c1cc(F)ccn1)C2. The summed E-state index contributed by atoms with van der Waals surface area (Å²) in [4.78, 5) is 17.5. The Hall–Kier alpha value is -1.69. The van der Waals surface area contributed by atoms with Crippen LogP contribution in [0.1, 0.15) is 12.8 Å². The van der Waals surface area contributed by atoms with Crippen LogP contribution in [-0.2, 0) is 4.79 Å². The van der Waals surface area contributed by atoms with Gasteiger partial charge in [-0.2, -0.15) is 0 Å². The minimum absolute atomic E-state index is 0.0395. The number of carbonyl (C=O) groups excluding carboxylic acids is 1. The largest absolute Gasteiger partial charge is 0.355 e. The normalized spacial score (nSPS) is 21.3. The molecule has 0 aromatic carbocycles. The molecule has 3 rings (SSSR count). The molecule has 3 N–H and O–H groups in total. The highest BCUT2D eigenvalue weighted by Gasteiger charge is 2.54. The van der Waals surface area contributed by atoms with Crippen LogP contribution < -0.4 is 16.2 Å². The van der Waals surface area contributed by atoms with Gasteiger partial charge in [-0.15, -0.1) is 0 Å². The van der Waals surface area contributed by atoms with Gasteiger partial charge in [0.15, 0.2) is 0 Å². The predicted octanol–water partition coefficient (Wildman–Crippen LogP) is 0.427. The molecule has 0 radical (unpaired) electrons. The number of carbonyl (C=O) groups is 1. The summed E-state index contributed by atoms with van der Waals surface area (Å²) in [5.74, 6) is 5.47. The summed E-state index contributed by atoms with van der Waals surface area (Å²) in [6.07, 6.45) is 3.20. The van der Waals surface area contributed by atoms with Gasteiger partial charge in [0.25, 0.3) is 0 Å². The third-order valence-electron chi connectivity index (χ3n) is 3.96. The second kappa shape index (κ2) is 3.91. The smallest absolute Gasteiger partial charge is 0.237 e. The van der Waals surface area contributed by atoms with Gasteiger partial charge in [-0.1, -0.05) is 0 Å². The van der Waals surface area contributed by atoms with Crippen molar-refractivity contribution in [1.29, 1.82) is 0 Å². The van der Waals surface area contributed by atoms with Gasteiger partial charge in [-0.05, 0) is 18.9 Å². The second-order valence-electron chi connectivity index (χ2n) is 5.30. The number of halogens is 1. The maximum Gasteiger partial charge on any atom is 0.237 e. The molecule has 0 bridgehead atoms. The van der Waals surface area contributed by atoms with Crippen LogP contribution in [0.4, 0.5) is 10.2 Å². The molecule has 5 nitrogen and oxygen atoms in total. The van der Waals surface area contributed by atoms with E-state index in [0.717, 1.165) is 25.9 Å². The molecule has 96 valence electrons. The highest BCUT2D eigenvalue weighted by atomic mass is 19.1. The number of hydrogen-bond donors (Lipinski definition) is 2. The van der Waals surface area contributed by atoms with Gasteiger partial charge in [0, 0.05) is 36.7 Å². The molecule has 1 aromatic heterocycles. The fourth-order valence-corrected chi connectivity index (χ4v) is 3.04. The van der Waals surface area contributed by atoms with E-state index in [-0.39, 0.29) is 23.1 Å². The first kappa shape index (κ1) is 11.4. The van der Waals surface area contributed by atoms with Crippen molar-refractivity contribution in [1.82, 2.24) is 10.4 Å².